The molecule has 0 amide bonds. The third kappa shape index (κ3) is 7.41. The Hall–Kier alpha value is 0. The minimum atomic E-state index is 1.36. The predicted octanol–water partition coefficient (Wildman–Crippen LogP) is 5.09. The number of rotatable bonds is 0. The molecule has 0 unspecified atom stereocenters. The van der Waals surface area contributed by atoms with Gasteiger partial charge in [-0.25, -0.2) is 0 Å². The zero-order chi connectivity index (χ0) is 9.90. The summed E-state index contributed by atoms with van der Waals surface area (Å²) >= 11 is 0. The summed E-state index contributed by atoms with van der Waals surface area (Å²) in [6.45, 7) is 0. The molecule has 0 aliphatic heterocycles. The zero-order valence-corrected chi connectivity index (χ0v) is 9.64. The number of hydrogen-bond acceptors (Lipinski definition) is 0. The van der Waals surface area contributed by atoms with Crippen LogP contribution in [0.15, 0.2) is 0 Å². The highest BCUT2D eigenvalue weighted by atomic mass is 14.0. The summed E-state index contributed by atoms with van der Waals surface area (Å²) in [7, 11) is 0. The molecule has 0 aromatic carbocycles. The highest BCUT2D eigenvalue weighted by Gasteiger charge is 1.96. The van der Waals surface area contributed by atoms with Crippen LogP contribution in [0.4, 0.5) is 0 Å². The molecule has 0 N–H and O–H groups in total. The van der Waals surface area contributed by atoms with Crippen molar-refractivity contribution in [2.45, 2.75) is 77.0 Å². The van der Waals surface area contributed by atoms with Crippen LogP contribution in [0, 0.1) is 12.8 Å². The Morgan fingerprint density at radius 1 is 0.357 bits per heavy atom. The average Bonchev–Trinajstić information content (AvgIpc) is 2.22. The maximum Gasteiger partial charge on any atom is -0.0386 e. The molecule has 1 rings (SSSR count). The molecule has 0 bridgehead atoms. The van der Waals surface area contributed by atoms with E-state index in [0.717, 1.165) is 0 Å². The topological polar surface area (TPSA) is 0 Å². The van der Waals surface area contributed by atoms with Crippen molar-refractivity contribution in [1.29, 1.82) is 0 Å². The first-order valence-corrected chi connectivity index (χ1v) is 6.63. The van der Waals surface area contributed by atoms with Gasteiger partial charge in [0.05, 0.1) is 0 Å². The molecule has 0 aromatic heterocycles. The van der Waals surface area contributed by atoms with Gasteiger partial charge in [-0.15, -0.1) is 0 Å². The lowest BCUT2D eigenvalue weighted by Crippen LogP contribution is -1.86. The van der Waals surface area contributed by atoms with E-state index in [4.69, 9.17) is 0 Å². The normalized spacial score (nSPS) is 24.0. The Bertz CT molecular complexity index is 53.3. The first-order valence-electron chi connectivity index (χ1n) is 6.63. The van der Waals surface area contributed by atoms with Crippen LogP contribution < -0.4 is 0 Å². The molecule has 1 aliphatic carbocycles. The molecule has 0 aromatic rings. The second-order valence-electron chi connectivity index (χ2n) is 4.56. The Morgan fingerprint density at radius 3 is 1.07 bits per heavy atom. The van der Waals surface area contributed by atoms with Gasteiger partial charge in [-0.2, -0.15) is 0 Å². The quantitative estimate of drug-likeness (QED) is 0.504. The van der Waals surface area contributed by atoms with E-state index in [1.165, 1.54) is 77.0 Å². The van der Waals surface area contributed by atoms with E-state index < -0.39 is 0 Å². The monoisotopic (exact) mass is 194 g/mol. The first-order chi connectivity index (χ1) is 7.00. The Morgan fingerprint density at radius 2 is 0.643 bits per heavy atom. The molecule has 2 radical (unpaired) electrons. The lowest BCUT2D eigenvalue weighted by Gasteiger charge is -2.05. The molecular weight excluding hydrogens is 168 g/mol. The van der Waals surface area contributed by atoms with Crippen molar-refractivity contribution in [3.05, 3.63) is 12.8 Å². The van der Waals surface area contributed by atoms with Gasteiger partial charge < -0.3 is 0 Å². The van der Waals surface area contributed by atoms with E-state index in [2.05, 4.69) is 12.8 Å². The summed E-state index contributed by atoms with van der Waals surface area (Å²) in [5.41, 5.74) is 0. The summed E-state index contributed by atoms with van der Waals surface area (Å²) in [5.74, 6) is 0. The van der Waals surface area contributed by atoms with Crippen LogP contribution in [0.3, 0.4) is 0 Å². The van der Waals surface area contributed by atoms with Crippen molar-refractivity contribution in [2.75, 3.05) is 0 Å². The van der Waals surface area contributed by atoms with Crippen molar-refractivity contribution in [3.8, 4) is 0 Å². The van der Waals surface area contributed by atoms with Crippen molar-refractivity contribution >= 4 is 0 Å². The molecule has 14 heavy (non-hydrogen) atoms. The molecule has 1 saturated carbocycles. The van der Waals surface area contributed by atoms with Gasteiger partial charge >= 0.3 is 0 Å². The van der Waals surface area contributed by atoms with E-state index >= 15 is 0 Å². The maximum atomic E-state index is 2.51. The van der Waals surface area contributed by atoms with Crippen LogP contribution in [0.25, 0.3) is 0 Å². The van der Waals surface area contributed by atoms with Crippen LogP contribution in [-0.2, 0) is 0 Å². The molecule has 0 spiro atoms. The standard InChI is InChI=1S/C14H26/c1-2-4-6-8-10-12-14-13-11-9-7-5-3-1/h1,10H,2-9,11-14H2. The maximum absolute atomic E-state index is 2.51. The molecule has 0 nitrogen and oxygen atoms in total. The van der Waals surface area contributed by atoms with Crippen LogP contribution in [0.2, 0.25) is 0 Å². The van der Waals surface area contributed by atoms with Crippen molar-refractivity contribution < 1.29 is 0 Å². The molecule has 82 valence electrons. The molecule has 1 aliphatic rings. The van der Waals surface area contributed by atoms with Crippen molar-refractivity contribution in [2.24, 2.45) is 0 Å². The molecule has 0 atom stereocenters. The van der Waals surface area contributed by atoms with E-state index in [1.807, 2.05) is 0 Å². The van der Waals surface area contributed by atoms with E-state index in [9.17, 15) is 0 Å². The van der Waals surface area contributed by atoms with Gasteiger partial charge in [0.25, 0.3) is 0 Å². The number of hydrogen-bond donors (Lipinski definition) is 0. The summed E-state index contributed by atoms with van der Waals surface area (Å²) in [5, 5.41) is 0. The molecular formula is C14H26. The highest BCUT2D eigenvalue weighted by Crippen LogP contribution is 2.15. The van der Waals surface area contributed by atoms with Gasteiger partial charge in [0.2, 0.25) is 0 Å². The molecule has 1 fully saturated rings. The fourth-order valence-electron chi connectivity index (χ4n) is 2.15. The molecule has 0 heteroatoms. The molecule has 0 saturated heterocycles. The largest absolute Gasteiger partial charge is 0.0533 e. The Labute approximate surface area is 90.5 Å². The second-order valence-corrected chi connectivity index (χ2v) is 4.56. The van der Waals surface area contributed by atoms with Crippen LogP contribution in [0.1, 0.15) is 77.0 Å². The van der Waals surface area contributed by atoms with Gasteiger partial charge in [-0.05, 0) is 12.8 Å². The summed E-state index contributed by atoms with van der Waals surface area (Å²) in [6, 6.07) is 0. The average molecular weight is 194 g/mol. The Balaban J connectivity index is 2.00. The minimum Gasteiger partial charge on any atom is -0.0533 e. The SMILES string of the molecule is [CH]1CCCC[CH]CCCCCCCC1. The van der Waals surface area contributed by atoms with Gasteiger partial charge in [-0.1, -0.05) is 77.0 Å². The Kier molecular flexibility index (Phi) is 8.24. The highest BCUT2D eigenvalue weighted by molar-refractivity contribution is 4.69. The fraction of sp³-hybridized carbons (Fsp3) is 0.857. The smallest absolute Gasteiger partial charge is 0.0386 e. The van der Waals surface area contributed by atoms with Gasteiger partial charge in [0.1, 0.15) is 0 Å². The van der Waals surface area contributed by atoms with Gasteiger partial charge in [0, 0.05) is 0 Å². The molecule has 0 heterocycles. The van der Waals surface area contributed by atoms with Crippen LogP contribution >= 0.6 is 0 Å². The van der Waals surface area contributed by atoms with Crippen molar-refractivity contribution in [1.82, 2.24) is 0 Å². The van der Waals surface area contributed by atoms with E-state index in [1.54, 1.807) is 0 Å². The first kappa shape index (κ1) is 12.1. The van der Waals surface area contributed by atoms with Gasteiger partial charge in [-0.3, -0.25) is 0 Å². The summed E-state index contributed by atoms with van der Waals surface area (Å²) in [6.07, 6.45) is 22.0. The third-order valence-electron chi connectivity index (χ3n) is 3.13. The fourth-order valence-corrected chi connectivity index (χ4v) is 2.15. The predicted molar refractivity (Wildman–Crippen MR) is 64.0 cm³/mol. The van der Waals surface area contributed by atoms with Crippen LogP contribution in [0.5, 0.6) is 0 Å². The zero-order valence-electron chi connectivity index (χ0n) is 9.64. The van der Waals surface area contributed by atoms with Crippen LogP contribution in [-0.4, -0.2) is 0 Å². The summed E-state index contributed by atoms with van der Waals surface area (Å²) < 4.78 is 0. The second kappa shape index (κ2) is 9.55. The van der Waals surface area contributed by atoms with Crippen molar-refractivity contribution in [3.63, 3.8) is 0 Å². The third-order valence-corrected chi connectivity index (χ3v) is 3.13. The van der Waals surface area contributed by atoms with E-state index in [-0.39, 0.29) is 0 Å². The van der Waals surface area contributed by atoms with E-state index in [0.29, 0.717) is 0 Å². The lowest BCUT2D eigenvalue weighted by molar-refractivity contribution is 0.568. The minimum absolute atomic E-state index is 1.36. The summed E-state index contributed by atoms with van der Waals surface area (Å²) in [4.78, 5) is 0. The van der Waals surface area contributed by atoms with Gasteiger partial charge in [0.15, 0.2) is 0 Å². The lowest BCUT2D eigenvalue weighted by atomic mass is 10.0.